The van der Waals surface area contributed by atoms with E-state index < -0.39 is 16.1 Å². The van der Waals surface area contributed by atoms with Gasteiger partial charge in [-0.25, -0.2) is 0 Å². The first-order valence-electron chi connectivity index (χ1n) is 10.0. The average molecular weight is 452 g/mol. The van der Waals surface area contributed by atoms with Gasteiger partial charge in [-0.15, -0.1) is 0 Å². The number of para-hydroxylation sites is 2. The van der Waals surface area contributed by atoms with Crippen molar-refractivity contribution in [2.75, 3.05) is 37.6 Å². The van der Waals surface area contributed by atoms with Crippen molar-refractivity contribution in [3.8, 4) is 0 Å². The van der Waals surface area contributed by atoms with Crippen LogP contribution in [0.5, 0.6) is 0 Å². The van der Waals surface area contributed by atoms with E-state index in [9.17, 15) is 24.5 Å². The van der Waals surface area contributed by atoms with Gasteiger partial charge < -0.3 is 9.80 Å². The Kier molecular flexibility index (Phi) is 6.22. The van der Waals surface area contributed by atoms with Gasteiger partial charge in [0, 0.05) is 37.9 Å². The van der Waals surface area contributed by atoms with Gasteiger partial charge in [-0.05, 0) is 36.0 Å². The minimum atomic E-state index is -0.616. The van der Waals surface area contributed by atoms with Crippen LogP contribution in [0.3, 0.4) is 0 Å². The van der Waals surface area contributed by atoms with Gasteiger partial charge in [0.25, 0.3) is 16.8 Å². The SMILES string of the molecule is O=C(CN1C(=O)S/C(=C/c2ccccc2[N+](=O)[O-])C1=O)N1CCN(c2ccccc2)CC1. The molecule has 2 aliphatic heterocycles. The van der Waals surface area contributed by atoms with Gasteiger partial charge in [-0.3, -0.25) is 29.4 Å². The monoisotopic (exact) mass is 452 g/mol. The molecule has 2 heterocycles. The molecule has 2 saturated heterocycles. The van der Waals surface area contributed by atoms with Crippen LogP contribution >= 0.6 is 11.8 Å². The number of thioether (sulfide) groups is 1. The largest absolute Gasteiger partial charge is 0.368 e. The summed E-state index contributed by atoms with van der Waals surface area (Å²) >= 11 is 0.680. The molecular weight excluding hydrogens is 432 g/mol. The standard InChI is InChI=1S/C22H20N4O5S/c27-20(24-12-10-23(11-13-24)17-7-2-1-3-8-17)15-25-21(28)19(32-22(25)29)14-16-6-4-5-9-18(16)26(30)31/h1-9,14H,10-13,15H2/b19-14+. The fourth-order valence-electron chi connectivity index (χ4n) is 3.64. The molecule has 2 aliphatic rings. The van der Waals surface area contributed by atoms with Gasteiger partial charge in [-0.2, -0.15) is 0 Å². The van der Waals surface area contributed by atoms with E-state index in [-0.39, 0.29) is 28.6 Å². The molecule has 0 radical (unpaired) electrons. The number of hydrogen-bond donors (Lipinski definition) is 0. The number of nitro benzene ring substituents is 1. The minimum Gasteiger partial charge on any atom is -0.368 e. The number of imide groups is 1. The molecule has 3 amide bonds. The molecule has 0 atom stereocenters. The summed E-state index contributed by atoms with van der Waals surface area (Å²) < 4.78 is 0. The third-order valence-electron chi connectivity index (χ3n) is 5.34. The van der Waals surface area contributed by atoms with Crippen LogP contribution in [-0.2, 0) is 9.59 Å². The lowest BCUT2D eigenvalue weighted by atomic mass is 10.1. The van der Waals surface area contributed by atoms with Crippen molar-refractivity contribution in [2.24, 2.45) is 0 Å². The number of nitro groups is 1. The van der Waals surface area contributed by atoms with Gasteiger partial charge in [0.2, 0.25) is 5.91 Å². The molecule has 2 aromatic carbocycles. The highest BCUT2D eigenvalue weighted by atomic mass is 32.2. The quantitative estimate of drug-likeness (QED) is 0.390. The summed E-state index contributed by atoms with van der Waals surface area (Å²) in [6.07, 6.45) is 1.33. The number of anilines is 1. The van der Waals surface area contributed by atoms with E-state index in [4.69, 9.17) is 0 Å². The van der Waals surface area contributed by atoms with Crippen LogP contribution in [-0.4, -0.2) is 64.5 Å². The minimum absolute atomic E-state index is 0.0611. The molecule has 0 spiro atoms. The lowest BCUT2D eigenvalue weighted by Crippen LogP contribution is -2.51. The Balaban J connectivity index is 1.40. The first kappa shape index (κ1) is 21.6. The maximum atomic E-state index is 12.7. The van der Waals surface area contributed by atoms with E-state index in [0.29, 0.717) is 37.9 Å². The topological polar surface area (TPSA) is 104 Å². The molecule has 164 valence electrons. The van der Waals surface area contributed by atoms with Crippen LogP contribution in [0.15, 0.2) is 59.5 Å². The van der Waals surface area contributed by atoms with Crippen LogP contribution < -0.4 is 4.90 Å². The summed E-state index contributed by atoms with van der Waals surface area (Å²) in [7, 11) is 0. The second-order valence-corrected chi connectivity index (χ2v) is 8.28. The molecule has 0 unspecified atom stereocenters. The summed E-state index contributed by atoms with van der Waals surface area (Å²) in [5, 5.41) is 10.6. The molecular formula is C22H20N4O5S. The Morgan fingerprint density at radius 1 is 1.00 bits per heavy atom. The van der Waals surface area contributed by atoms with Crippen molar-refractivity contribution >= 4 is 46.3 Å². The Hall–Kier alpha value is -3.66. The zero-order chi connectivity index (χ0) is 22.7. The van der Waals surface area contributed by atoms with E-state index in [1.807, 2.05) is 30.3 Å². The zero-order valence-corrected chi connectivity index (χ0v) is 17.9. The Morgan fingerprint density at radius 3 is 2.34 bits per heavy atom. The van der Waals surface area contributed by atoms with E-state index in [2.05, 4.69) is 4.90 Å². The number of carbonyl (C=O) groups excluding carboxylic acids is 3. The normalized spacial score (nSPS) is 17.9. The number of nitrogens with zero attached hydrogens (tertiary/aromatic N) is 4. The highest BCUT2D eigenvalue weighted by Crippen LogP contribution is 2.33. The van der Waals surface area contributed by atoms with Crippen LogP contribution in [0.4, 0.5) is 16.2 Å². The van der Waals surface area contributed by atoms with E-state index in [1.54, 1.807) is 11.0 Å². The highest BCUT2D eigenvalue weighted by molar-refractivity contribution is 8.18. The van der Waals surface area contributed by atoms with Gasteiger partial charge in [0.1, 0.15) is 6.54 Å². The summed E-state index contributed by atoms with van der Waals surface area (Å²) in [6, 6.07) is 15.9. The summed E-state index contributed by atoms with van der Waals surface area (Å²) in [5.74, 6) is -0.915. The maximum absolute atomic E-state index is 12.7. The molecule has 0 aliphatic carbocycles. The molecule has 0 bridgehead atoms. The first-order valence-corrected chi connectivity index (χ1v) is 10.8. The predicted octanol–water partition coefficient (Wildman–Crippen LogP) is 2.98. The van der Waals surface area contributed by atoms with E-state index >= 15 is 0 Å². The van der Waals surface area contributed by atoms with Crippen LogP contribution in [0, 0.1) is 10.1 Å². The second-order valence-electron chi connectivity index (χ2n) is 7.29. The van der Waals surface area contributed by atoms with Gasteiger partial charge >= 0.3 is 0 Å². The van der Waals surface area contributed by atoms with Crippen molar-refractivity contribution in [1.29, 1.82) is 0 Å². The summed E-state index contributed by atoms with van der Waals surface area (Å²) in [6.45, 7) is 1.97. The summed E-state index contributed by atoms with van der Waals surface area (Å²) in [5.41, 5.74) is 1.16. The van der Waals surface area contributed by atoms with Crippen molar-refractivity contribution in [1.82, 2.24) is 9.80 Å². The molecule has 4 rings (SSSR count). The predicted molar refractivity (Wildman–Crippen MR) is 121 cm³/mol. The van der Waals surface area contributed by atoms with Crippen LogP contribution in [0.2, 0.25) is 0 Å². The third kappa shape index (κ3) is 4.50. The summed E-state index contributed by atoms with van der Waals surface area (Å²) in [4.78, 5) is 53.3. The fraction of sp³-hybridized carbons (Fsp3) is 0.227. The van der Waals surface area contributed by atoms with Gasteiger partial charge in [-0.1, -0.05) is 30.3 Å². The maximum Gasteiger partial charge on any atom is 0.294 e. The smallest absolute Gasteiger partial charge is 0.294 e. The number of amides is 3. The molecule has 10 heteroatoms. The van der Waals surface area contributed by atoms with Crippen molar-refractivity contribution < 1.29 is 19.3 Å². The number of piperazine rings is 1. The Bertz CT molecular complexity index is 1100. The number of rotatable bonds is 5. The number of benzene rings is 2. The highest BCUT2D eigenvalue weighted by Gasteiger charge is 2.37. The molecule has 32 heavy (non-hydrogen) atoms. The lowest BCUT2D eigenvalue weighted by molar-refractivity contribution is -0.385. The molecule has 9 nitrogen and oxygen atoms in total. The van der Waals surface area contributed by atoms with Crippen molar-refractivity contribution in [2.45, 2.75) is 0 Å². The molecule has 0 aromatic heterocycles. The molecule has 0 saturated carbocycles. The van der Waals surface area contributed by atoms with Crippen LogP contribution in [0.1, 0.15) is 5.56 Å². The lowest BCUT2D eigenvalue weighted by Gasteiger charge is -2.36. The first-order chi connectivity index (χ1) is 15.4. The van der Waals surface area contributed by atoms with Gasteiger partial charge in [0.15, 0.2) is 0 Å². The Labute approximate surface area is 188 Å². The number of hydrogen-bond acceptors (Lipinski definition) is 7. The third-order valence-corrected chi connectivity index (χ3v) is 6.25. The molecule has 0 N–H and O–H groups in total. The van der Waals surface area contributed by atoms with Crippen molar-refractivity contribution in [3.05, 3.63) is 75.2 Å². The van der Waals surface area contributed by atoms with Crippen LogP contribution in [0.25, 0.3) is 6.08 Å². The molecule has 2 fully saturated rings. The van der Waals surface area contributed by atoms with Gasteiger partial charge in [0.05, 0.1) is 15.4 Å². The van der Waals surface area contributed by atoms with E-state index in [1.165, 1.54) is 24.3 Å². The zero-order valence-electron chi connectivity index (χ0n) is 17.0. The Morgan fingerprint density at radius 2 is 1.66 bits per heavy atom. The fourth-order valence-corrected chi connectivity index (χ4v) is 4.47. The average Bonchev–Trinajstić information content (AvgIpc) is 3.07. The number of carbonyl (C=O) groups is 3. The van der Waals surface area contributed by atoms with Crippen molar-refractivity contribution in [3.63, 3.8) is 0 Å². The van der Waals surface area contributed by atoms with E-state index in [0.717, 1.165) is 10.6 Å². The second kappa shape index (κ2) is 9.23. The molecule has 2 aromatic rings.